The van der Waals surface area contributed by atoms with E-state index in [0.29, 0.717) is 6.54 Å². The number of nitrogens with two attached hydrogens (primary N) is 1. The fourth-order valence-electron chi connectivity index (χ4n) is 2.38. The van der Waals surface area contributed by atoms with Gasteiger partial charge in [-0.15, -0.1) is 0 Å². The summed E-state index contributed by atoms with van der Waals surface area (Å²) in [4.78, 5) is 25.2. The third-order valence-corrected chi connectivity index (χ3v) is 3.55. The lowest BCUT2D eigenvalue weighted by Crippen LogP contribution is -2.48. The summed E-state index contributed by atoms with van der Waals surface area (Å²) in [5.41, 5.74) is 5.52. The number of carbonyl (C=O) groups is 2. The number of ether oxygens (including phenoxy) is 2. The van der Waals surface area contributed by atoms with E-state index in [2.05, 4.69) is 0 Å². The van der Waals surface area contributed by atoms with Gasteiger partial charge >= 0.3 is 5.97 Å². The van der Waals surface area contributed by atoms with E-state index in [9.17, 15) is 14.7 Å². The van der Waals surface area contributed by atoms with Crippen molar-refractivity contribution in [1.29, 1.82) is 0 Å². The van der Waals surface area contributed by atoms with Crippen molar-refractivity contribution in [3.05, 3.63) is 0 Å². The molecule has 7 heteroatoms. The van der Waals surface area contributed by atoms with Crippen molar-refractivity contribution in [2.24, 2.45) is 11.7 Å². The van der Waals surface area contributed by atoms with Gasteiger partial charge in [-0.1, -0.05) is 6.92 Å². The minimum absolute atomic E-state index is 0.133. The first-order valence-corrected chi connectivity index (χ1v) is 6.88. The number of carboxylic acids is 1. The maximum absolute atomic E-state index is 12.4. The molecular formula is C13H24N2O5. The van der Waals surface area contributed by atoms with Gasteiger partial charge in [0.15, 0.2) is 0 Å². The SMILES string of the molecule is CCCN(C(=O)CC(CN)OC)C1COCC1C(=O)O. The molecule has 1 fully saturated rings. The maximum Gasteiger partial charge on any atom is 0.311 e. The van der Waals surface area contributed by atoms with Gasteiger partial charge in [0.1, 0.15) is 5.92 Å². The highest BCUT2D eigenvalue weighted by atomic mass is 16.5. The summed E-state index contributed by atoms with van der Waals surface area (Å²) >= 11 is 0. The molecule has 20 heavy (non-hydrogen) atoms. The molecule has 0 aromatic rings. The van der Waals surface area contributed by atoms with Gasteiger partial charge in [0.25, 0.3) is 0 Å². The van der Waals surface area contributed by atoms with Gasteiger partial charge in [0.2, 0.25) is 5.91 Å². The Labute approximate surface area is 119 Å². The molecule has 1 heterocycles. The zero-order valence-electron chi connectivity index (χ0n) is 12.1. The predicted octanol–water partition coefficient (Wildman–Crippen LogP) is -0.312. The molecule has 3 unspecified atom stereocenters. The Hall–Kier alpha value is -1.18. The molecule has 116 valence electrons. The Morgan fingerprint density at radius 3 is 2.70 bits per heavy atom. The topological polar surface area (TPSA) is 102 Å². The quantitative estimate of drug-likeness (QED) is 0.635. The summed E-state index contributed by atoms with van der Waals surface area (Å²) < 4.78 is 10.4. The number of rotatable bonds is 8. The predicted molar refractivity (Wildman–Crippen MR) is 72.2 cm³/mol. The van der Waals surface area contributed by atoms with Crippen LogP contribution in [0.3, 0.4) is 0 Å². The van der Waals surface area contributed by atoms with Crippen LogP contribution in [-0.4, -0.2) is 67.4 Å². The van der Waals surface area contributed by atoms with Crippen molar-refractivity contribution in [1.82, 2.24) is 4.90 Å². The highest BCUT2D eigenvalue weighted by Crippen LogP contribution is 2.21. The Morgan fingerprint density at radius 1 is 1.50 bits per heavy atom. The second-order valence-corrected chi connectivity index (χ2v) is 4.93. The number of aliphatic carboxylic acids is 1. The second-order valence-electron chi connectivity index (χ2n) is 4.93. The van der Waals surface area contributed by atoms with Gasteiger partial charge in [0.05, 0.1) is 31.8 Å². The van der Waals surface area contributed by atoms with Crippen LogP contribution >= 0.6 is 0 Å². The van der Waals surface area contributed by atoms with Crippen LogP contribution in [0, 0.1) is 5.92 Å². The molecule has 7 nitrogen and oxygen atoms in total. The normalized spacial score (nSPS) is 23.6. The zero-order valence-corrected chi connectivity index (χ0v) is 12.1. The van der Waals surface area contributed by atoms with E-state index in [0.717, 1.165) is 6.42 Å². The van der Waals surface area contributed by atoms with Gasteiger partial charge in [-0.2, -0.15) is 0 Å². The summed E-state index contributed by atoms with van der Waals surface area (Å²) in [6, 6.07) is -0.407. The molecule has 1 rings (SSSR count). The van der Waals surface area contributed by atoms with E-state index in [1.165, 1.54) is 7.11 Å². The number of amides is 1. The second kappa shape index (κ2) is 8.18. The Morgan fingerprint density at radius 2 is 2.20 bits per heavy atom. The fourth-order valence-corrected chi connectivity index (χ4v) is 2.38. The number of hydrogen-bond acceptors (Lipinski definition) is 5. The molecule has 0 aliphatic carbocycles. The van der Waals surface area contributed by atoms with Gasteiger partial charge in [-0.05, 0) is 6.42 Å². The van der Waals surface area contributed by atoms with E-state index < -0.39 is 17.9 Å². The van der Waals surface area contributed by atoms with Crippen molar-refractivity contribution in [3.63, 3.8) is 0 Å². The van der Waals surface area contributed by atoms with E-state index in [1.807, 2.05) is 6.92 Å². The number of hydrogen-bond donors (Lipinski definition) is 2. The Balaban J connectivity index is 2.76. The molecule has 0 spiro atoms. The van der Waals surface area contributed by atoms with Crippen molar-refractivity contribution in [3.8, 4) is 0 Å². The van der Waals surface area contributed by atoms with Crippen LogP contribution in [0.5, 0.6) is 0 Å². The van der Waals surface area contributed by atoms with Crippen molar-refractivity contribution in [2.75, 3.05) is 33.4 Å². The van der Waals surface area contributed by atoms with Crippen molar-refractivity contribution in [2.45, 2.75) is 31.9 Å². The minimum Gasteiger partial charge on any atom is -0.481 e. The molecule has 0 aromatic heterocycles. The molecular weight excluding hydrogens is 264 g/mol. The minimum atomic E-state index is -0.927. The highest BCUT2D eigenvalue weighted by Gasteiger charge is 2.39. The summed E-state index contributed by atoms with van der Waals surface area (Å²) in [6.07, 6.45) is 0.581. The average molecular weight is 288 g/mol. The molecule has 0 radical (unpaired) electrons. The van der Waals surface area contributed by atoms with E-state index in [1.54, 1.807) is 4.90 Å². The zero-order chi connectivity index (χ0) is 15.1. The molecule has 0 bridgehead atoms. The first-order valence-electron chi connectivity index (χ1n) is 6.88. The highest BCUT2D eigenvalue weighted by molar-refractivity contribution is 5.79. The van der Waals surface area contributed by atoms with Crippen molar-refractivity contribution >= 4 is 11.9 Å². The monoisotopic (exact) mass is 288 g/mol. The number of carbonyl (C=O) groups excluding carboxylic acids is 1. The van der Waals surface area contributed by atoms with Gasteiger partial charge < -0.3 is 25.2 Å². The lowest BCUT2D eigenvalue weighted by atomic mass is 10.0. The van der Waals surface area contributed by atoms with Crippen molar-refractivity contribution < 1.29 is 24.2 Å². The van der Waals surface area contributed by atoms with Gasteiger partial charge in [-0.25, -0.2) is 0 Å². The number of nitrogens with zero attached hydrogens (tertiary/aromatic N) is 1. The van der Waals surface area contributed by atoms with E-state index in [-0.39, 0.29) is 38.2 Å². The lowest BCUT2D eigenvalue weighted by molar-refractivity contribution is -0.145. The summed E-state index contributed by atoms with van der Waals surface area (Å²) in [6.45, 7) is 3.13. The van der Waals surface area contributed by atoms with E-state index >= 15 is 0 Å². The number of carboxylic acid groups (broad SMARTS) is 1. The van der Waals surface area contributed by atoms with Crippen LogP contribution in [0.25, 0.3) is 0 Å². The van der Waals surface area contributed by atoms with Crippen LogP contribution < -0.4 is 5.73 Å². The number of methoxy groups -OCH3 is 1. The van der Waals surface area contributed by atoms with Crippen LogP contribution in [0.15, 0.2) is 0 Å². The third-order valence-electron chi connectivity index (χ3n) is 3.55. The largest absolute Gasteiger partial charge is 0.481 e. The third kappa shape index (κ3) is 4.16. The first-order chi connectivity index (χ1) is 9.54. The van der Waals surface area contributed by atoms with Crippen LogP contribution in [0.1, 0.15) is 19.8 Å². The fraction of sp³-hybridized carbons (Fsp3) is 0.846. The van der Waals surface area contributed by atoms with Crippen LogP contribution in [0.2, 0.25) is 0 Å². The van der Waals surface area contributed by atoms with Gasteiger partial charge in [-0.3, -0.25) is 9.59 Å². The molecule has 1 aliphatic rings. The summed E-state index contributed by atoms with van der Waals surface area (Å²) in [7, 11) is 1.51. The van der Waals surface area contributed by atoms with Crippen LogP contribution in [-0.2, 0) is 19.1 Å². The Kier molecular flexibility index (Phi) is 6.90. The standard InChI is InChI=1S/C13H24N2O5/c1-3-4-15(12(16)5-9(6-14)19-2)11-8-20-7-10(11)13(17)18/h9-11H,3-8,14H2,1-2H3,(H,17,18). The Bertz CT molecular complexity index is 333. The van der Waals surface area contributed by atoms with Crippen LogP contribution in [0.4, 0.5) is 0 Å². The molecule has 1 amide bonds. The summed E-state index contributed by atoms with van der Waals surface area (Å²) in [5, 5.41) is 9.19. The lowest BCUT2D eigenvalue weighted by Gasteiger charge is -2.31. The maximum atomic E-state index is 12.4. The van der Waals surface area contributed by atoms with Gasteiger partial charge in [0, 0.05) is 20.2 Å². The average Bonchev–Trinajstić information content (AvgIpc) is 2.91. The summed E-state index contributed by atoms with van der Waals surface area (Å²) in [5.74, 6) is -1.72. The first kappa shape index (κ1) is 16.9. The van der Waals surface area contributed by atoms with E-state index in [4.69, 9.17) is 15.2 Å². The smallest absolute Gasteiger partial charge is 0.311 e. The molecule has 1 saturated heterocycles. The molecule has 3 atom stereocenters. The molecule has 1 aliphatic heterocycles. The molecule has 3 N–H and O–H groups in total. The molecule has 0 saturated carbocycles. The molecule has 0 aromatic carbocycles.